The highest BCUT2D eigenvalue weighted by atomic mass is 15.0. The summed E-state index contributed by atoms with van der Waals surface area (Å²) in [6, 6.07) is 69.1. The number of para-hydroxylation sites is 4. The number of hydrogen-bond donors (Lipinski definition) is 0. The lowest BCUT2D eigenvalue weighted by molar-refractivity contribution is 1.18. The van der Waals surface area contributed by atoms with Crippen LogP contribution in [-0.4, -0.2) is 9.13 Å². The summed E-state index contributed by atoms with van der Waals surface area (Å²) in [6.45, 7) is 0. The summed E-state index contributed by atoms with van der Waals surface area (Å²) in [5, 5.41) is 14.6. The lowest BCUT2D eigenvalue weighted by atomic mass is 9.87. The van der Waals surface area contributed by atoms with Gasteiger partial charge in [-0.05, 0) is 76.3 Å². The third-order valence-corrected chi connectivity index (χ3v) is 10.4. The maximum atomic E-state index is 9.73. The van der Waals surface area contributed by atoms with Crippen molar-refractivity contribution in [2.45, 2.75) is 0 Å². The molecule has 0 aliphatic heterocycles. The summed E-state index contributed by atoms with van der Waals surface area (Å²) in [5.74, 6) is 0. The van der Waals surface area contributed by atoms with Crippen molar-refractivity contribution in [3.05, 3.63) is 194 Å². The summed E-state index contributed by atoms with van der Waals surface area (Å²) in [6.07, 6.45) is 0. The summed E-state index contributed by atoms with van der Waals surface area (Å²) >= 11 is 0. The molecule has 2 aromatic heterocycles. The molecule has 10 aromatic rings. The van der Waals surface area contributed by atoms with Crippen molar-refractivity contribution in [3.8, 4) is 50.8 Å². The van der Waals surface area contributed by atoms with Crippen LogP contribution in [0.4, 0.5) is 0 Å². The van der Waals surface area contributed by atoms with E-state index in [-0.39, 0.29) is 0 Å². The minimum absolute atomic E-state index is 0.642. The Balaban J connectivity index is 1.24. The van der Waals surface area contributed by atoms with Gasteiger partial charge in [-0.1, -0.05) is 140 Å². The average Bonchev–Trinajstić information content (AvgIpc) is 3.75. The van der Waals surface area contributed by atoms with Gasteiger partial charge in [-0.2, -0.15) is 5.26 Å². The van der Waals surface area contributed by atoms with Crippen LogP contribution in [0.25, 0.3) is 88.4 Å². The van der Waals surface area contributed by atoms with Gasteiger partial charge in [-0.15, -0.1) is 0 Å². The molecule has 0 atom stereocenters. The lowest BCUT2D eigenvalue weighted by Crippen LogP contribution is -1.96. The van der Waals surface area contributed by atoms with Gasteiger partial charge in [-0.3, -0.25) is 0 Å². The van der Waals surface area contributed by atoms with E-state index in [0.717, 1.165) is 22.4 Å². The predicted octanol–water partition coefficient (Wildman–Crippen LogP) is 12.8. The maximum Gasteiger partial charge on any atom is 0.0992 e. The fourth-order valence-electron chi connectivity index (χ4n) is 8.22. The molecule has 0 radical (unpaired) electrons. The summed E-state index contributed by atoms with van der Waals surface area (Å²) in [4.78, 5) is 0. The number of benzene rings is 8. The number of nitrogens with zero attached hydrogens (tertiary/aromatic N) is 3. The Labute approximate surface area is 301 Å². The van der Waals surface area contributed by atoms with Crippen molar-refractivity contribution in [1.82, 2.24) is 9.13 Å². The first-order chi connectivity index (χ1) is 25.8. The van der Waals surface area contributed by atoms with Gasteiger partial charge in [0.2, 0.25) is 0 Å². The van der Waals surface area contributed by atoms with E-state index < -0.39 is 0 Å². The van der Waals surface area contributed by atoms with Gasteiger partial charge in [0.1, 0.15) is 0 Å². The van der Waals surface area contributed by atoms with Gasteiger partial charge in [0.05, 0.1) is 33.7 Å². The molecule has 2 heterocycles. The van der Waals surface area contributed by atoms with E-state index in [0.29, 0.717) is 5.56 Å². The van der Waals surface area contributed by atoms with Crippen LogP contribution in [0.5, 0.6) is 0 Å². The number of fused-ring (bicyclic) bond motifs is 6. The SMILES string of the molecule is N#Cc1cccc(-n2c3ccccc3c3c(-c4ccccc4-c4ccccc4-c4cccc5c6ccccc6n(-c6ccccc6)c45)cccc32)c1. The van der Waals surface area contributed by atoms with Crippen LogP contribution in [0.2, 0.25) is 0 Å². The molecule has 0 N–H and O–H groups in total. The molecule has 0 aliphatic rings. The fraction of sp³-hybridized carbons (Fsp3) is 0. The smallest absolute Gasteiger partial charge is 0.0992 e. The molecular formula is C49H31N3. The maximum absolute atomic E-state index is 9.73. The highest BCUT2D eigenvalue weighted by Gasteiger charge is 2.21. The molecule has 52 heavy (non-hydrogen) atoms. The quantitative estimate of drug-likeness (QED) is 0.181. The van der Waals surface area contributed by atoms with E-state index in [1.54, 1.807) is 0 Å². The lowest BCUT2D eigenvalue weighted by Gasteiger charge is -2.17. The third-order valence-electron chi connectivity index (χ3n) is 10.4. The van der Waals surface area contributed by atoms with Crippen molar-refractivity contribution < 1.29 is 0 Å². The third kappa shape index (κ3) is 4.52. The molecule has 0 saturated carbocycles. The highest BCUT2D eigenvalue weighted by molar-refractivity contribution is 6.18. The number of rotatable bonds is 5. The van der Waals surface area contributed by atoms with Crippen LogP contribution in [0.1, 0.15) is 5.56 Å². The Kier molecular flexibility index (Phi) is 6.87. The first-order valence-electron chi connectivity index (χ1n) is 17.6. The van der Waals surface area contributed by atoms with E-state index in [1.807, 2.05) is 18.2 Å². The van der Waals surface area contributed by atoms with E-state index in [1.165, 1.54) is 66.0 Å². The van der Waals surface area contributed by atoms with Gasteiger partial charge in [-0.25, -0.2) is 0 Å². The Bertz CT molecular complexity index is 3030. The molecule has 0 amide bonds. The molecule has 3 heteroatoms. The van der Waals surface area contributed by atoms with Gasteiger partial charge >= 0.3 is 0 Å². The van der Waals surface area contributed by atoms with Gasteiger partial charge < -0.3 is 9.13 Å². The molecule has 0 bridgehead atoms. The zero-order valence-electron chi connectivity index (χ0n) is 28.2. The van der Waals surface area contributed by atoms with Crippen LogP contribution in [0, 0.1) is 11.3 Å². The van der Waals surface area contributed by atoms with Crippen molar-refractivity contribution in [3.63, 3.8) is 0 Å². The van der Waals surface area contributed by atoms with Crippen LogP contribution in [-0.2, 0) is 0 Å². The van der Waals surface area contributed by atoms with Crippen LogP contribution in [0.3, 0.4) is 0 Å². The van der Waals surface area contributed by atoms with Crippen molar-refractivity contribution in [2.75, 3.05) is 0 Å². The van der Waals surface area contributed by atoms with Gasteiger partial charge in [0.15, 0.2) is 0 Å². The standard InChI is InChI=1S/C49H31N3/c50-32-33-15-12-18-35(31-33)51-46-29-11-9-24-44(46)48-41(25-14-30-47(48)51)38-21-6-4-19-36(38)37-20-5-7-22-39(37)42-26-13-27-43-40-23-8-10-28-45(40)52(49(42)43)34-16-2-1-3-17-34/h1-31H. The second-order valence-electron chi connectivity index (χ2n) is 13.2. The Morgan fingerprint density at radius 1 is 0.346 bits per heavy atom. The summed E-state index contributed by atoms with van der Waals surface area (Å²) in [5.41, 5.74) is 14.4. The molecule has 0 unspecified atom stereocenters. The molecule has 3 nitrogen and oxygen atoms in total. The Morgan fingerprint density at radius 2 is 0.827 bits per heavy atom. The monoisotopic (exact) mass is 661 g/mol. The van der Waals surface area contributed by atoms with E-state index >= 15 is 0 Å². The van der Waals surface area contributed by atoms with E-state index in [9.17, 15) is 5.26 Å². The van der Waals surface area contributed by atoms with Crippen molar-refractivity contribution in [1.29, 1.82) is 5.26 Å². The van der Waals surface area contributed by atoms with Crippen LogP contribution in [0.15, 0.2) is 188 Å². The topological polar surface area (TPSA) is 33.6 Å². The molecular weight excluding hydrogens is 631 g/mol. The first kappa shape index (κ1) is 29.7. The Hall–Kier alpha value is -7.15. The van der Waals surface area contributed by atoms with Gasteiger partial charge in [0, 0.05) is 38.5 Å². The predicted molar refractivity (Wildman–Crippen MR) is 216 cm³/mol. The normalized spacial score (nSPS) is 11.4. The number of hydrogen-bond acceptors (Lipinski definition) is 1. The second-order valence-corrected chi connectivity index (χ2v) is 13.2. The van der Waals surface area contributed by atoms with Crippen LogP contribution < -0.4 is 0 Å². The second kappa shape index (κ2) is 12.0. The van der Waals surface area contributed by atoms with E-state index in [2.05, 4.69) is 185 Å². The van der Waals surface area contributed by atoms with Gasteiger partial charge in [0.25, 0.3) is 0 Å². The summed E-state index contributed by atoms with van der Waals surface area (Å²) < 4.78 is 4.70. The molecule has 0 spiro atoms. The zero-order valence-corrected chi connectivity index (χ0v) is 28.2. The minimum Gasteiger partial charge on any atom is -0.309 e. The molecule has 8 aromatic carbocycles. The Morgan fingerprint density at radius 3 is 1.56 bits per heavy atom. The number of aromatic nitrogens is 2. The molecule has 10 rings (SSSR count). The molecule has 242 valence electrons. The summed E-state index contributed by atoms with van der Waals surface area (Å²) in [7, 11) is 0. The minimum atomic E-state index is 0.642. The van der Waals surface area contributed by atoms with E-state index in [4.69, 9.17) is 0 Å². The fourth-order valence-corrected chi connectivity index (χ4v) is 8.22. The molecule has 0 fully saturated rings. The zero-order chi connectivity index (χ0) is 34.6. The molecule has 0 aliphatic carbocycles. The van der Waals surface area contributed by atoms with Crippen molar-refractivity contribution in [2.24, 2.45) is 0 Å². The highest BCUT2D eigenvalue weighted by Crippen LogP contribution is 2.45. The first-order valence-corrected chi connectivity index (χ1v) is 17.6. The van der Waals surface area contributed by atoms with Crippen LogP contribution >= 0.6 is 0 Å². The van der Waals surface area contributed by atoms with Crippen molar-refractivity contribution >= 4 is 43.6 Å². The number of nitriles is 1. The molecule has 0 saturated heterocycles. The average molecular weight is 662 g/mol. The largest absolute Gasteiger partial charge is 0.309 e.